The second kappa shape index (κ2) is 11.6. The fraction of sp³-hybridized carbons (Fsp3) is 0.833. The molecule has 0 saturated carbocycles. The zero-order valence-corrected chi connectivity index (χ0v) is 14.5. The fourth-order valence-corrected chi connectivity index (χ4v) is 2.90. The predicted molar refractivity (Wildman–Crippen MR) is 90.7 cm³/mol. The monoisotopic (exact) mass is 344 g/mol. The Morgan fingerprint density at radius 2 is 1.83 bits per heavy atom. The lowest BCUT2D eigenvalue weighted by Crippen LogP contribution is -2.25. The van der Waals surface area contributed by atoms with Gasteiger partial charge in [-0.25, -0.2) is 0 Å². The Balaban J connectivity index is 2.19. The predicted octanol–water partition coefficient (Wildman–Crippen LogP) is 2.01. The molecule has 1 fully saturated rings. The third-order valence-electron chi connectivity index (χ3n) is 4.46. The molecule has 6 nitrogen and oxygen atoms in total. The Morgan fingerprint density at radius 1 is 1.17 bits per heavy atom. The number of aliphatic hydroxyl groups excluding tert-OH is 3. The van der Waals surface area contributed by atoms with E-state index in [1.165, 1.54) is 6.08 Å². The highest BCUT2D eigenvalue weighted by Gasteiger charge is 2.36. The minimum atomic E-state index is -0.818. The van der Waals surface area contributed by atoms with Crippen LogP contribution in [-0.4, -0.2) is 56.9 Å². The van der Waals surface area contributed by atoms with E-state index in [0.29, 0.717) is 19.3 Å². The van der Waals surface area contributed by atoms with Crippen LogP contribution >= 0.6 is 0 Å². The number of rotatable bonds is 12. The normalized spacial score (nSPS) is 26.8. The summed E-state index contributed by atoms with van der Waals surface area (Å²) in [6, 6.07) is 0. The van der Waals surface area contributed by atoms with Gasteiger partial charge < -0.3 is 25.2 Å². The van der Waals surface area contributed by atoms with Gasteiger partial charge in [-0.3, -0.25) is 4.79 Å². The molecule has 0 spiro atoms. The van der Waals surface area contributed by atoms with Crippen molar-refractivity contribution in [2.75, 3.05) is 0 Å². The third kappa shape index (κ3) is 8.24. The molecule has 1 aliphatic rings. The highest BCUT2D eigenvalue weighted by atomic mass is 16.5. The smallest absolute Gasteiger partial charge is 0.303 e. The van der Waals surface area contributed by atoms with Crippen molar-refractivity contribution < 1.29 is 30.0 Å². The van der Waals surface area contributed by atoms with Crippen LogP contribution in [0.3, 0.4) is 0 Å². The maximum absolute atomic E-state index is 10.4. The Labute approximate surface area is 144 Å². The van der Waals surface area contributed by atoms with Gasteiger partial charge in [0.2, 0.25) is 0 Å². The van der Waals surface area contributed by atoms with E-state index >= 15 is 0 Å². The van der Waals surface area contributed by atoms with E-state index in [9.17, 15) is 20.1 Å². The SMILES string of the molecule is CC[C@@H](O)/C=C/[C@H](O)[C@H]1C[C@H](O)[C@@H](CCCCCCCC(=O)O)O1. The summed E-state index contributed by atoms with van der Waals surface area (Å²) in [6.07, 6.45) is 6.93. The van der Waals surface area contributed by atoms with E-state index in [0.717, 1.165) is 32.1 Å². The van der Waals surface area contributed by atoms with E-state index in [-0.39, 0.29) is 12.5 Å². The molecular weight excluding hydrogens is 312 g/mol. The summed E-state index contributed by atoms with van der Waals surface area (Å²) in [6.45, 7) is 1.86. The highest BCUT2D eigenvalue weighted by Crippen LogP contribution is 2.27. The van der Waals surface area contributed by atoms with Crippen molar-refractivity contribution >= 4 is 5.97 Å². The summed E-state index contributed by atoms with van der Waals surface area (Å²) in [4.78, 5) is 10.4. The molecule has 0 unspecified atom stereocenters. The zero-order valence-electron chi connectivity index (χ0n) is 14.5. The Bertz CT molecular complexity index is 384. The van der Waals surface area contributed by atoms with Gasteiger partial charge in [0, 0.05) is 12.8 Å². The van der Waals surface area contributed by atoms with Gasteiger partial charge in [0.1, 0.15) is 0 Å². The van der Waals surface area contributed by atoms with Gasteiger partial charge >= 0.3 is 5.97 Å². The van der Waals surface area contributed by atoms with E-state index in [1.807, 2.05) is 6.92 Å². The van der Waals surface area contributed by atoms with Crippen LogP contribution in [0, 0.1) is 0 Å². The second-order valence-corrected chi connectivity index (χ2v) is 6.57. The van der Waals surface area contributed by atoms with Crippen LogP contribution in [0.2, 0.25) is 0 Å². The summed E-state index contributed by atoms with van der Waals surface area (Å²) >= 11 is 0. The number of carboxylic acid groups (broad SMARTS) is 1. The van der Waals surface area contributed by atoms with Crippen LogP contribution in [-0.2, 0) is 9.53 Å². The summed E-state index contributed by atoms with van der Waals surface area (Å²) in [5.41, 5.74) is 0. The molecule has 1 rings (SSSR count). The Kier molecular flexibility index (Phi) is 10.2. The molecule has 0 amide bonds. The number of hydrogen-bond acceptors (Lipinski definition) is 5. The molecule has 1 heterocycles. The fourth-order valence-electron chi connectivity index (χ4n) is 2.90. The maximum Gasteiger partial charge on any atom is 0.303 e. The molecule has 0 aliphatic carbocycles. The van der Waals surface area contributed by atoms with Crippen LogP contribution in [0.5, 0.6) is 0 Å². The molecule has 0 aromatic heterocycles. The van der Waals surface area contributed by atoms with E-state index < -0.39 is 30.4 Å². The highest BCUT2D eigenvalue weighted by molar-refractivity contribution is 5.66. The van der Waals surface area contributed by atoms with Crippen molar-refractivity contribution in [2.24, 2.45) is 0 Å². The molecule has 0 bridgehead atoms. The molecule has 24 heavy (non-hydrogen) atoms. The molecule has 1 saturated heterocycles. The Hall–Kier alpha value is -0.950. The van der Waals surface area contributed by atoms with Crippen molar-refractivity contribution in [1.82, 2.24) is 0 Å². The summed E-state index contributed by atoms with van der Waals surface area (Å²) < 4.78 is 5.75. The van der Waals surface area contributed by atoms with E-state index in [1.54, 1.807) is 6.08 Å². The summed E-state index contributed by atoms with van der Waals surface area (Å²) in [7, 11) is 0. The van der Waals surface area contributed by atoms with Gasteiger partial charge in [0.15, 0.2) is 0 Å². The standard InChI is InChI=1S/C18H32O6/c1-2-13(19)10-11-14(20)17-12-15(21)16(24-17)8-6-4-3-5-7-9-18(22)23/h10-11,13-17,19-21H,2-9,12H2,1H3,(H,22,23)/b11-10+/t13-,14+,15+,16-,17-/m1/s1. The van der Waals surface area contributed by atoms with Crippen molar-refractivity contribution in [3.63, 3.8) is 0 Å². The number of aliphatic carboxylic acids is 1. The minimum absolute atomic E-state index is 0.226. The van der Waals surface area contributed by atoms with Crippen LogP contribution in [0.15, 0.2) is 12.2 Å². The van der Waals surface area contributed by atoms with Gasteiger partial charge in [-0.05, 0) is 19.3 Å². The molecular formula is C18H32O6. The first kappa shape index (κ1) is 21.1. The van der Waals surface area contributed by atoms with Gasteiger partial charge in [-0.2, -0.15) is 0 Å². The van der Waals surface area contributed by atoms with Crippen LogP contribution in [0.1, 0.15) is 64.7 Å². The lowest BCUT2D eigenvalue weighted by atomic mass is 10.0. The van der Waals surface area contributed by atoms with Crippen molar-refractivity contribution in [3.05, 3.63) is 12.2 Å². The number of carbonyl (C=O) groups is 1. The van der Waals surface area contributed by atoms with Gasteiger partial charge in [0.25, 0.3) is 0 Å². The Morgan fingerprint density at radius 3 is 2.50 bits per heavy atom. The molecule has 6 heteroatoms. The quantitative estimate of drug-likeness (QED) is 0.319. The van der Waals surface area contributed by atoms with Crippen molar-refractivity contribution in [3.8, 4) is 0 Å². The number of aliphatic hydroxyl groups is 3. The zero-order chi connectivity index (χ0) is 17.9. The first-order chi connectivity index (χ1) is 11.4. The lowest BCUT2D eigenvalue weighted by molar-refractivity contribution is -0.137. The average molecular weight is 344 g/mol. The lowest BCUT2D eigenvalue weighted by Gasteiger charge is -2.17. The van der Waals surface area contributed by atoms with Crippen molar-refractivity contribution in [2.45, 2.75) is 95.2 Å². The van der Waals surface area contributed by atoms with Crippen LogP contribution in [0.4, 0.5) is 0 Å². The largest absolute Gasteiger partial charge is 0.481 e. The van der Waals surface area contributed by atoms with Crippen LogP contribution < -0.4 is 0 Å². The van der Waals surface area contributed by atoms with E-state index in [2.05, 4.69) is 0 Å². The number of unbranched alkanes of at least 4 members (excludes halogenated alkanes) is 4. The first-order valence-electron chi connectivity index (χ1n) is 9.03. The molecule has 140 valence electrons. The van der Waals surface area contributed by atoms with E-state index in [4.69, 9.17) is 9.84 Å². The molecule has 5 atom stereocenters. The third-order valence-corrected chi connectivity index (χ3v) is 4.46. The van der Waals surface area contributed by atoms with Crippen LogP contribution in [0.25, 0.3) is 0 Å². The van der Waals surface area contributed by atoms with Gasteiger partial charge in [-0.15, -0.1) is 0 Å². The van der Waals surface area contributed by atoms with Crippen molar-refractivity contribution in [1.29, 1.82) is 0 Å². The van der Waals surface area contributed by atoms with Gasteiger partial charge in [0.05, 0.1) is 30.5 Å². The number of carboxylic acids is 1. The number of hydrogen-bond donors (Lipinski definition) is 4. The summed E-state index contributed by atoms with van der Waals surface area (Å²) in [5, 5.41) is 38.1. The summed E-state index contributed by atoms with van der Waals surface area (Å²) in [5.74, 6) is -0.748. The molecule has 1 aliphatic heterocycles. The number of ether oxygens (including phenoxy) is 1. The molecule has 0 aromatic rings. The minimum Gasteiger partial charge on any atom is -0.481 e. The maximum atomic E-state index is 10.4. The second-order valence-electron chi connectivity index (χ2n) is 6.57. The average Bonchev–Trinajstić information content (AvgIpc) is 2.92. The van der Waals surface area contributed by atoms with Gasteiger partial charge in [-0.1, -0.05) is 44.8 Å². The topological polar surface area (TPSA) is 107 Å². The first-order valence-corrected chi connectivity index (χ1v) is 9.03. The molecule has 0 radical (unpaired) electrons. The molecule has 4 N–H and O–H groups in total. The molecule has 0 aromatic carbocycles.